The molecule has 0 aliphatic carbocycles. The monoisotopic (exact) mass is 291 g/mol. The number of hydrogen-bond donors (Lipinski definition) is 0. The fourth-order valence-corrected chi connectivity index (χ4v) is 2.20. The van der Waals surface area contributed by atoms with Gasteiger partial charge in [0.05, 0.1) is 0 Å². The van der Waals surface area contributed by atoms with Crippen molar-refractivity contribution in [3.8, 4) is 0 Å². The lowest BCUT2D eigenvalue weighted by atomic mass is 10.2. The summed E-state index contributed by atoms with van der Waals surface area (Å²) in [6.45, 7) is 3.03. The summed E-state index contributed by atoms with van der Waals surface area (Å²) in [7, 11) is 0. The van der Waals surface area contributed by atoms with E-state index in [2.05, 4.69) is 0 Å². The maximum atomic E-state index is 12.4. The lowest BCUT2D eigenvalue weighted by molar-refractivity contribution is 0.0720. The molecule has 0 aliphatic rings. The molecule has 1 heterocycles. The molecule has 2 aromatic rings. The molecule has 0 radical (unpaired) electrons. The van der Waals surface area contributed by atoms with Crippen molar-refractivity contribution in [2.24, 2.45) is 0 Å². The normalized spacial score (nSPS) is 10.5. The van der Waals surface area contributed by atoms with Gasteiger partial charge in [-0.15, -0.1) is 11.6 Å². The van der Waals surface area contributed by atoms with E-state index in [9.17, 15) is 4.79 Å². The first-order valence-corrected chi connectivity index (χ1v) is 7.26. The van der Waals surface area contributed by atoms with E-state index >= 15 is 0 Å². The van der Waals surface area contributed by atoms with Crippen LogP contribution in [0.3, 0.4) is 0 Å². The summed E-state index contributed by atoms with van der Waals surface area (Å²) in [4.78, 5) is 14.2. The Morgan fingerprint density at radius 2 is 1.95 bits per heavy atom. The fraction of sp³-hybridized carbons (Fsp3) is 0.312. The summed E-state index contributed by atoms with van der Waals surface area (Å²) < 4.78 is 5.53. The molecular formula is C16H18ClNO2. The molecule has 2 rings (SSSR count). The maximum absolute atomic E-state index is 12.4. The van der Waals surface area contributed by atoms with Crippen molar-refractivity contribution in [3.05, 3.63) is 59.5 Å². The summed E-state index contributed by atoms with van der Waals surface area (Å²) in [5, 5.41) is 0. The number of halogens is 1. The highest BCUT2D eigenvalue weighted by Gasteiger charge is 2.19. The number of benzene rings is 1. The van der Waals surface area contributed by atoms with Gasteiger partial charge in [-0.05, 0) is 17.7 Å². The molecule has 106 valence electrons. The van der Waals surface area contributed by atoms with E-state index in [1.54, 1.807) is 11.0 Å². The van der Waals surface area contributed by atoms with E-state index in [0.29, 0.717) is 24.7 Å². The van der Waals surface area contributed by atoms with Gasteiger partial charge in [-0.2, -0.15) is 0 Å². The zero-order valence-electron chi connectivity index (χ0n) is 11.5. The number of aryl methyl sites for hydroxylation is 1. The summed E-state index contributed by atoms with van der Waals surface area (Å²) in [6, 6.07) is 13.4. The van der Waals surface area contributed by atoms with Gasteiger partial charge in [0, 0.05) is 25.4 Å². The molecule has 0 fully saturated rings. The molecule has 4 heteroatoms. The second-order valence-electron chi connectivity index (χ2n) is 4.52. The highest BCUT2D eigenvalue weighted by Crippen LogP contribution is 2.14. The Labute approximate surface area is 124 Å². The Morgan fingerprint density at radius 1 is 1.20 bits per heavy atom. The van der Waals surface area contributed by atoms with Crippen LogP contribution in [-0.2, 0) is 13.0 Å². The largest absolute Gasteiger partial charge is 0.456 e. The quantitative estimate of drug-likeness (QED) is 0.760. The van der Waals surface area contributed by atoms with Gasteiger partial charge in [-0.25, -0.2) is 0 Å². The third kappa shape index (κ3) is 3.64. The second-order valence-corrected chi connectivity index (χ2v) is 4.90. The van der Waals surface area contributed by atoms with Crippen LogP contribution in [0.4, 0.5) is 0 Å². The molecule has 0 spiro atoms. The minimum Gasteiger partial charge on any atom is -0.456 e. The summed E-state index contributed by atoms with van der Waals surface area (Å²) in [5.74, 6) is 1.48. The average molecular weight is 292 g/mol. The molecule has 20 heavy (non-hydrogen) atoms. The van der Waals surface area contributed by atoms with Crippen LogP contribution in [0.2, 0.25) is 0 Å². The number of carbonyl (C=O) groups excluding carboxylic acids is 1. The Hall–Kier alpha value is -1.74. The molecule has 0 aliphatic heterocycles. The van der Waals surface area contributed by atoms with Crippen molar-refractivity contribution in [1.82, 2.24) is 4.90 Å². The third-order valence-electron chi connectivity index (χ3n) is 3.08. The number of rotatable bonds is 6. The van der Waals surface area contributed by atoms with Crippen molar-refractivity contribution in [2.45, 2.75) is 19.9 Å². The Balaban J connectivity index is 2.13. The standard InChI is InChI=1S/C16H18ClNO2/c1-2-14-8-9-15(20-14)16(19)18(11-10-17)12-13-6-4-3-5-7-13/h3-9H,2,10-12H2,1H3. The lowest BCUT2D eigenvalue weighted by Crippen LogP contribution is -2.32. The topological polar surface area (TPSA) is 33.5 Å². The maximum Gasteiger partial charge on any atom is 0.289 e. The van der Waals surface area contributed by atoms with E-state index in [1.807, 2.05) is 43.3 Å². The summed E-state index contributed by atoms with van der Waals surface area (Å²) in [6.07, 6.45) is 0.779. The number of furan rings is 1. The summed E-state index contributed by atoms with van der Waals surface area (Å²) >= 11 is 5.80. The van der Waals surface area contributed by atoms with Gasteiger partial charge in [-0.3, -0.25) is 4.79 Å². The third-order valence-corrected chi connectivity index (χ3v) is 3.25. The molecule has 1 amide bonds. The highest BCUT2D eigenvalue weighted by atomic mass is 35.5. The summed E-state index contributed by atoms with van der Waals surface area (Å²) in [5.41, 5.74) is 1.08. The van der Waals surface area contributed by atoms with E-state index in [1.165, 1.54) is 0 Å². The van der Waals surface area contributed by atoms with Crippen LogP contribution in [0.1, 0.15) is 28.8 Å². The van der Waals surface area contributed by atoms with Gasteiger partial charge in [0.1, 0.15) is 5.76 Å². The predicted octanol–water partition coefficient (Wildman–Crippen LogP) is 3.72. The molecule has 3 nitrogen and oxygen atoms in total. The minimum absolute atomic E-state index is 0.116. The number of nitrogens with zero attached hydrogens (tertiary/aromatic N) is 1. The average Bonchev–Trinajstić information content (AvgIpc) is 2.96. The van der Waals surface area contributed by atoms with E-state index in [0.717, 1.165) is 17.7 Å². The molecule has 0 N–H and O–H groups in total. The van der Waals surface area contributed by atoms with Gasteiger partial charge < -0.3 is 9.32 Å². The van der Waals surface area contributed by atoms with Gasteiger partial charge in [-0.1, -0.05) is 37.3 Å². The first-order chi connectivity index (χ1) is 9.74. The number of hydrogen-bond acceptors (Lipinski definition) is 2. The van der Waals surface area contributed by atoms with Gasteiger partial charge in [0.15, 0.2) is 5.76 Å². The van der Waals surface area contributed by atoms with Crippen molar-refractivity contribution >= 4 is 17.5 Å². The van der Waals surface area contributed by atoms with Crippen molar-refractivity contribution in [3.63, 3.8) is 0 Å². The fourth-order valence-electron chi connectivity index (χ4n) is 2.00. The molecule has 1 aromatic heterocycles. The van der Waals surface area contributed by atoms with Crippen LogP contribution in [-0.4, -0.2) is 23.2 Å². The second kappa shape index (κ2) is 7.15. The molecular weight excluding hydrogens is 274 g/mol. The number of amides is 1. The van der Waals surface area contributed by atoms with Gasteiger partial charge in [0.2, 0.25) is 0 Å². The molecule has 1 aromatic carbocycles. The van der Waals surface area contributed by atoms with E-state index in [-0.39, 0.29) is 5.91 Å². The minimum atomic E-state index is -0.116. The van der Waals surface area contributed by atoms with Crippen LogP contribution in [0.15, 0.2) is 46.9 Å². The first kappa shape index (κ1) is 14.7. The zero-order valence-corrected chi connectivity index (χ0v) is 12.3. The number of alkyl halides is 1. The first-order valence-electron chi connectivity index (χ1n) is 6.72. The SMILES string of the molecule is CCc1ccc(C(=O)N(CCCl)Cc2ccccc2)o1. The predicted molar refractivity (Wildman–Crippen MR) is 80.0 cm³/mol. The lowest BCUT2D eigenvalue weighted by Gasteiger charge is -2.20. The van der Waals surface area contributed by atoms with Crippen molar-refractivity contribution in [2.75, 3.05) is 12.4 Å². The molecule has 0 bridgehead atoms. The smallest absolute Gasteiger partial charge is 0.289 e. The van der Waals surface area contributed by atoms with E-state index < -0.39 is 0 Å². The Kier molecular flexibility index (Phi) is 5.24. The van der Waals surface area contributed by atoms with Crippen LogP contribution < -0.4 is 0 Å². The van der Waals surface area contributed by atoms with E-state index in [4.69, 9.17) is 16.0 Å². The van der Waals surface area contributed by atoms with Crippen LogP contribution in [0, 0.1) is 0 Å². The Morgan fingerprint density at radius 3 is 2.55 bits per heavy atom. The van der Waals surface area contributed by atoms with Crippen molar-refractivity contribution in [1.29, 1.82) is 0 Å². The van der Waals surface area contributed by atoms with Gasteiger partial charge >= 0.3 is 0 Å². The van der Waals surface area contributed by atoms with Crippen molar-refractivity contribution < 1.29 is 9.21 Å². The van der Waals surface area contributed by atoms with Crippen LogP contribution in [0.5, 0.6) is 0 Å². The highest BCUT2D eigenvalue weighted by molar-refractivity contribution is 6.18. The zero-order chi connectivity index (χ0) is 14.4. The molecule has 0 saturated carbocycles. The van der Waals surface area contributed by atoms with Crippen LogP contribution >= 0.6 is 11.6 Å². The molecule has 0 unspecified atom stereocenters. The Bertz CT molecular complexity index is 551. The van der Waals surface area contributed by atoms with Crippen LogP contribution in [0.25, 0.3) is 0 Å². The van der Waals surface area contributed by atoms with Gasteiger partial charge in [0.25, 0.3) is 5.91 Å². The number of carbonyl (C=O) groups is 1. The molecule has 0 atom stereocenters. The molecule has 0 saturated heterocycles.